The number of benzene rings is 2. The molecule has 2 amide bonds. The summed E-state index contributed by atoms with van der Waals surface area (Å²) in [6.07, 6.45) is 1.60. The van der Waals surface area contributed by atoms with E-state index in [4.69, 9.17) is 14.2 Å². The van der Waals surface area contributed by atoms with Crippen molar-refractivity contribution in [2.45, 2.75) is 12.5 Å². The van der Waals surface area contributed by atoms with Crippen molar-refractivity contribution in [2.24, 2.45) is 0 Å². The van der Waals surface area contributed by atoms with E-state index in [2.05, 4.69) is 15.7 Å². The van der Waals surface area contributed by atoms with Crippen molar-refractivity contribution >= 4 is 23.3 Å². The molecule has 0 saturated heterocycles. The highest BCUT2D eigenvalue weighted by molar-refractivity contribution is 6.04. The van der Waals surface area contributed by atoms with Gasteiger partial charge in [-0.25, -0.2) is 4.68 Å². The third-order valence-electron chi connectivity index (χ3n) is 5.10. The molecule has 4 rings (SSSR count). The first-order valence-electron chi connectivity index (χ1n) is 9.58. The van der Waals surface area contributed by atoms with Crippen molar-refractivity contribution in [2.75, 3.05) is 32.0 Å². The quantitative estimate of drug-likeness (QED) is 0.606. The summed E-state index contributed by atoms with van der Waals surface area (Å²) >= 11 is 0. The maximum absolute atomic E-state index is 12.7. The number of carbonyl (C=O) groups excluding carboxylic acids is 2. The van der Waals surface area contributed by atoms with Crippen LogP contribution in [-0.2, 0) is 9.59 Å². The maximum atomic E-state index is 12.7. The Bertz CT molecular complexity index is 1120. The van der Waals surface area contributed by atoms with Crippen LogP contribution in [0.2, 0.25) is 0 Å². The molecule has 1 aromatic heterocycles. The van der Waals surface area contributed by atoms with Crippen molar-refractivity contribution in [1.82, 2.24) is 9.78 Å². The molecule has 0 fully saturated rings. The summed E-state index contributed by atoms with van der Waals surface area (Å²) in [6, 6.07) is 11.8. The van der Waals surface area contributed by atoms with Gasteiger partial charge in [-0.3, -0.25) is 9.59 Å². The number of aromatic nitrogens is 2. The first-order chi connectivity index (χ1) is 15.0. The number of rotatable bonds is 7. The van der Waals surface area contributed by atoms with Crippen LogP contribution >= 0.6 is 0 Å². The van der Waals surface area contributed by atoms with E-state index in [0.29, 0.717) is 23.0 Å². The van der Waals surface area contributed by atoms with E-state index >= 15 is 0 Å². The molecule has 1 atom stereocenters. The minimum atomic E-state index is -0.744. The Hall–Kier alpha value is -4.01. The van der Waals surface area contributed by atoms with Crippen molar-refractivity contribution in [3.05, 3.63) is 48.7 Å². The molecule has 160 valence electrons. The smallest absolute Gasteiger partial charge is 0.251 e. The molecule has 0 aliphatic carbocycles. The van der Waals surface area contributed by atoms with Gasteiger partial charge in [0, 0.05) is 11.6 Å². The Morgan fingerprint density at radius 3 is 2.45 bits per heavy atom. The molecule has 1 aliphatic heterocycles. The minimum absolute atomic E-state index is 0.0717. The Morgan fingerprint density at radius 2 is 1.77 bits per heavy atom. The molecule has 0 spiro atoms. The van der Waals surface area contributed by atoms with Crippen LogP contribution in [0.3, 0.4) is 0 Å². The fraction of sp³-hybridized carbons (Fsp3) is 0.227. The molecule has 0 radical (unpaired) electrons. The monoisotopic (exact) mass is 422 g/mol. The van der Waals surface area contributed by atoms with E-state index in [-0.39, 0.29) is 18.2 Å². The average molecular weight is 422 g/mol. The van der Waals surface area contributed by atoms with Crippen molar-refractivity contribution < 1.29 is 23.8 Å². The Labute approximate surface area is 178 Å². The zero-order valence-electron chi connectivity index (χ0n) is 17.3. The standard InChI is InChI=1S/C22H22N4O5/c1-29-14-6-4-13(5-7-14)16-12-23-26-18(22(28)25-21(16)26)11-20(27)24-17-9-8-15(30-2)10-19(17)31-3/h4-10,12,18H,11H2,1-3H3,(H,24,27)(H,25,28). The molecule has 2 N–H and O–H groups in total. The highest BCUT2D eigenvalue weighted by Crippen LogP contribution is 2.36. The maximum Gasteiger partial charge on any atom is 0.251 e. The fourth-order valence-electron chi connectivity index (χ4n) is 3.47. The van der Waals surface area contributed by atoms with Crippen LogP contribution in [0.15, 0.2) is 48.7 Å². The number of hydrogen-bond acceptors (Lipinski definition) is 6. The van der Waals surface area contributed by atoms with Gasteiger partial charge in [0.15, 0.2) is 0 Å². The van der Waals surface area contributed by atoms with Crippen LogP contribution in [0, 0.1) is 0 Å². The summed E-state index contributed by atoms with van der Waals surface area (Å²) in [4.78, 5) is 25.2. The number of anilines is 2. The van der Waals surface area contributed by atoms with E-state index < -0.39 is 6.04 Å². The third kappa shape index (κ3) is 3.89. The molecule has 9 nitrogen and oxygen atoms in total. The Balaban J connectivity index is 1.51. The SMILES string of the molecule is COc1ccc(-c2cnn3c2NC(=O)C3CC(=O)Nc2ccc(OC)cc2OC)cc1. The van der Waals surface area contributed by atoms with E-state index in [0.717, 1.165) is 16.9 Å². The Morgan fingerprint density at radius 1 is 1.06 bits per heavy atom. The zero-order valence-corrected chi connectivity index (χ0v) is 17.3. The van der Waals surface area contributed by atoms with Crippen LogP contribution in [0.5, 0.6) is 17.2 Å². The molecule has 1 aliphatic rings. The number of hydrogen-bond donors (Lipinski definition) is 2. The van der Waals surface area contributed by atoms with Gasteiger partial charge in [0.25, 0.3) is 5.91 Å². The van der Waals surface area contributed by atoms with Crippen LogP contribution in [-0.4, -0.2) is 42.9 Å². The van der Waals surface area contributed by atoms with Crippen molar-refractivity contribution in [3.63, 3.8) is 0 Å². The van der Waals surface area contributed by atoms with E-state index in [1.165, 1.54) is 7.11 Å². The van der Waals surface area contributed by atoms with Gasteiger partial charge in [-0.05, 0) is 29.8 Å². The fourth-order valence-corrected chi connectivity index (χ4v) is 3.47. The molecular weight excluding hydrogens is 400 g/mol. The van der Waals surface area contributed by atoms with Gasteiger partial charge in [-0.2, -0.15) is 5.10 Å². The predicted molar refractivity (Wildman–Crippen MR) is 115 cm³/mol. The third-order valence-corrected chi connectivity index (χ3v) is 5.10. The van der Waals surface area contributed by atoms with Gasteiger partial charge >= 0.3 is 0 Å². The van der Waals surface area contributed by atoms with E-state index in [1.54, 1.807) is 43.3 Å². The number of methoxy groups -OCH3 is 3. The summed E-state index contributed by atoms with van der Waals surface area (Å²) in [5, 5.41) is 9.97. The number of amides is 2. The summed E-state index contributed by atoms with van der Waals surface area (Å²) in [7, 11) is 4.66. The lowest BCUT2D eigenvalue weighted by Crippen LogP contribution is -2.23. The van der Waals surface area contributed by atoms with Crippen molar-refractivity contribution in [3.8, 4) is 28.4 Å². The second-order valence-electron chi connectivity index (χ2n) is 6.90. The lowest BCUT2D eigenvalue weighted by molar-refractivity contribution is -0.123. The topological polar surface area (TPSA) is 104 Å². The van der Waals surface area contributed by atoms with Crippen molar-refractivity contribution in [1.29, 1.82) is 0 Å². The number of ether oxygens (including phenoxy) is 3. The van der Waals surface area contributed by atoms with Crippen LogP contribution in [0.25, 0.3) is 11.1 Å². The molecule has 0 bridgehead atoms. The van der Waals surface area contributed by atoms with Gasteiger partial charge in [0.2, 0.25) is 5.91 Å². The van der Waals surface area contributed by atoms with Gasteiger partial charge in [0.1, 0.15) is 29.1 Å². The molecule has 9 heteroatoms. The van der Waals surface area contributed by atoms with Gasteiger partial charge < -0.3 is 24.8 Å². The first kappa shape index (κ1) is 20.3. The largest absolute Gasteiger partial charge is 0.497 e. The first-order valence-corrected chi connectivity index (χ1v) is 9.58. The average Bonchev–Trinajstić information content (AvgIpc) is 3.33. The molecule has 1 unspecified atom stereocenters. The Kier molecular flexibility index (Phi) is 5.48. The second kappa shape index (κ2) is 8.39. The number of nitrogens with one attached hydrogen (secondary N) is 2. The minimum Gasteiger partial charge on any atom is -0.497 e. The summed E-state index contributed by atoms with van der Waals surface area (Å²) < 4.78 is 17.2. The summed E-state index contributed by atoms with van der Waals surface area (Å²) in [5.41, 5.74) is 2.15. The lowest BCUT2D eigenvalue weighted by atomic mass is 10.1. The predicted octanol–water partition coefficient (Wildman–Crippen LogP) is 3.10. The van der Waals surface area contributed by atoms with E-state index in [9.17, 15) is 9.59 Å². The normalized spacial score (nSPS) is 14.5. The molecule has 3 aromatic rings. The van der Waals surface area contributed by atoms with Crippen LogP contribution < -0.4 is 24.8 Å². The van der Waals surface area contributed by atoms with Gasteiger partial charge in [0.05, 0.1) is 39.6 Å². The molecule has 2 heterocycles. The van der Waals surface area contributed by atoms with Crippen LogP contribution in [0.1, 0.15) is 12.5 Å². The van der Waals surface area contributed by atoms with Crippen LogP contribution in [0.4, 0.5) is 11.5 Å². The zero-order chi connectivity index (χ0) is 22.0. The molecule has 2 aromatic carbocycles. The number of carbonyl (C=O) groups is 2. The van der Waals surface area contributed by atoms with E-state index in [1.807, 2.05) is 24.3 Å². The molecule has 31 heavy (non-hydrogen) atoms. The van der Waals surface area contributed by atoms with Gasteiger partial charge in [-0.1, -0.05) is 12.1 Å². The summed E-state index contributed by atoms with van der Waals surface area (Å²) in [5.74, 6) is 1.75. The second-order valence-corrected chi connectivity index (χ2v) is 6.90. The molecular formula is C22H22N4O5. The highest BCUT2D eigenvalue weighted by Gasteiger charge is 2.35. The lowest BCUT2D eigenvalue weighted by Gasteiger charge is -2.13. The number of fused-ring (bicyclic) bond motifs is 1. The van der Waals surface area contributed by atoms with Gasteiger partial charge in [-0.15, -0.1) is 0 Å². The summed E-state index contributed by atoms with van der Waals surface area (Å²) in [6.45, 7) is 0. The highest BCUT2D eigenvalue weighted by atomic mass is 16.5. The number of nitrogens with zero attached hydrogens (tertiary/aromatic N) is 2. The molecule has 0 saturated carbocycles.